The maximum absolute atomic E-state index is 10.9. The fourth-order valence-electron chi connectivity index (χ4n) is 2.95. The number of hydrogen-bond acceptors (Lipinski definition) is 7. The maximum atomic E-state index is 10.9. The third-order valence-electron chi connectivity index (χ3n) is 4.15. The highest BCUT2D eigenvalue weighted by Crippen LogP contribution is 2.41. The largest absolute Gasteiger partial charge is 0.748 e. The van der Waals surface area contributed by atoms with E-state index in [0.29, 0.717) is 35.0 Å². The number of benzene rings is 2. The summed E-state index contributed by atoms with van der Waals surface area (Å²) in [5.74, 6) is 1.12. The molecule has 1 unspecified atom stereocenters. The van der Waals surface area contributed by atoms with Crippen molar-refractivity contribution >= 4 is 26.8 Å². The molecule has 1 aliphatic heterocycles. The Kier molecular flexibility index (Phi) is 3.93. The van der Waals surface area contributed by atoms with Gasteiger partial charge in [0.1, 0.15) is 12.4 Å². The molecule has 0 radical (unpaired) electrons. The van der Waals surface area contributed by atoms with Crippen LogP contribution in [0.15, 0.2) is 48.5 Å². The van der Waals surface area contributed by atoms with Gasteiger partial charge in [-0.1, -0.05) is 24.3 Å². The molecule has 0 spiro atoms. The van der Waals surface area contributed by atoms with Crippen molar-refractivity contribution in [2.45, 2.75) is 11.9 Å². The van der Waals surface area contributed by atoms with Gasteiger partial charge in [0.25, 0.3) is 0 Å². The normalized spacial score (nSPS) is 16.6. The Balaban J connectivity index is 1.64. The van der Waals surface area contributed by atoms with Gasteiger partial charge in [-0.25, -0.2) is 13.4 Å². The molecule has 8 heteroatoms. The van der Waals surface area contributed by atoms with Crippen molar-refractivity contribution in [1.29, 1.82) is 0 Å². The average Bonchev–Trinajstić information content (AvgIpc) is 2.60. The van der Waals surface area contributed by atoms with Crippen LogP contribution in [0.3, 0.4) is 0 Å². The summed E-state index contributed by atoms with van der Waals surface area (Å²) in [5.41, 5.74) is 7.70. The first kappa shape index (κ1) is 16.6. The molecule has 0 amide bonds. The second-order valence-corrected chi connectivity index (χ2v) is 7.46. The van der Waals surface area contributed by atoms with Gasteiger partial charge in [-0.15, -0.1) is 0 Å². The fraction of sp³-hybridized carbons (Fsp3) is 0.167. The van der Waals surface area contributed by atoms with E-state index in [1.54, 1.807) is 36.4 Å². The number of nitrogens with two attached hydrogens (primary N) is 1. The standard InChI is InChI=1S/C18H16N2O5S/c19-17-8-5-13-14(20-17)6-7-15-18(13)25-16(9-24-15)12-3-1-11(2-4-12)10-26(21,22)23/h1-8,16H,9-10H2,(H2,19,20)(H,21,22,23)/p-1. The van der Waals surface area contributed by atoms with Crippen LogP contribution in [0.1, 0.15) is 17.2 Å². The Labute approximate surface area is 150 Å². The smallest absolute Gasteiger partial charge is 0.171 e. The zero-order chi connectivity index (χ0) is 18.3. The predicted octanol–water partition coefficient (Wildman–Crippen LogP) is 2.37. The zero-order valence-corrected chi connectivity index (χ0v) is 14.4. The van der Waals surface area contributed by atoms with Crippen LogP contribution in [0.5, 0.6) is 11.5 Å². The lowest BCUT2D eigenvalue weighted by Gasteiger charge is -2.28. The molecule has 1 aliphatic rings. The zero-order valence-electron chi connectivity index (χ0n) is 13.6. The first-order valence-electron chi connectivity index (χ1n) is 7.90. The number of rotatable bonds is 3. The molecule has 7 nitrogen and oxygen atoms in total. The lowest BCUT2D eigenvalue weighted by atomic mass is 10.1. The summed E-state index contributed by atoms with van der Waals surface area (Å²) in [6, 6.07) is 13.8. The van der Waals surface area contributed by atoms with Gasteiger partial charge in [0.2, 0.25) is 0 Å². The molecule has 0 fully saturated rings. The van der Waals surface area contributed by atoms with Crippen molar-refractivity contribution in [2.24, 2.45) is 0 Å². The molecule has 0 saturated carbocycles. The number of hydrogen-bond donors (Lipinski definition) is 1. The van der Waals surface area contributed by atoms with E-state index < -0.39 is 15.9 Å². The molecule has 1 aromatic heterocycles. The van der Waals surface area contributed by atoms with E-state index in [9.17, 15) is 13.0 Å². The summed E-state index contributed by atoms with van der Waals surface area (Å²) in [4.78, 5) is 4.28. The molecular weight excluding hydrogens is 356 g/mol. The van der Waals surface area contributed by atoms with Crippen molar-refractivity contribution < 1.29 is 22.4 Å². The lowest BCUT2D eigenvalue weighted by Crippen LogP contribution is -2.21. The second kappa shape index (κ2) is 6.15. The van der Waals surface area contributed by atoms with E-state index in [1.807, 2.05) is 12.1 Å². The number of anilines is 1. The van der Waals surface area contributed by atoms with Crippen LogP contribution in [-0.4, -0.2) is 24.6 Å². The lowest BCUT2D eigenvalue weighted by molar-refractivity contribution is 0.0934. The Hall–Kier alpha value is -2.84. The molecule has 2 aromatic carbocycles. The Bertz CT molecular complexity index is 1080. The van der Waals surface area contributed by atoms with Gasteiger partial charge < -0.3 is 19.8 Å². The molecule has 26 heavy (non-hydrogen) atoms. The Morgan fingerprint density at radius 3 is 2.62 bits per heavy atom. The number of fused-ring (bicyclic) bond motifs is 3. The predicted molar refractivity (Wildman–Crippen MR) is 94.9 cm³/mol. The molecular formula is C18H15N2O5S-. The van der Waals surface area contributed by atoms with Gasteiger partial charge >= 0.3 is 0 Å². The quantitative estimate of drug-likeness (QED) is 0.703. The monoisotopic (exact) mass is 371 g/mol. The van der Waals surface area contributed by atoms with E-state index in [2.05, 4.69) is 4.98 Å². The van der Waals surface area contributed by atoms with Crippen molar-refractivity contribution in [2.75, 3.05) is 12.3 Å². The van der Waals surface area contributed by atoms with E-state index in [1.165, 1.54) is 0 Å². The molecule has 2 heterocycles. The van der Waals surface area contributed by atoms with Gasteiger partial charge in [0, 0.05) is 5.39 Å². The molecule has 2 N–H and O–H groups in total. The first-order valence-corrected chi connectivity index (χ1v) is 9.48. The van der Waals surface area contributed by atoms with E-state index in [0.717, 1.165) is 10.9 Å². The Morgan fingerprint density at radius 2 is 1.88 bits per heavy atom. The van der Waals surface area contributed by atoms with Crippen LogP contribution in [-0.2, 0) is 15.9 Å². The average molecular weight is 371 g/mol. The molecule has 3 aromatic rings. The van der Waals surface area contributed by atoms with Gasteiger partial charge in [-0.3, -0.25) is 0 Å². The first-order chi connectivity index (χ1) is 12.4. The molecule has 4 rings (SSSR count). The second-order valence-electron chi connectivity index (χ2n) is 6.06. The van der Waals surface area contributed by atoms with Crippen LogP contribution < -0.4 is 15.2 Å². The minimum Gasteiger partial charge on any atom is -0.748 e. The van der Waals surface area contributed by atoms with Crippen molar-refractivity contribution in [3.05, 3.63) is 59.7 Å². The van der Waals surface area contributed by atoms with Crippen molar-refractivity contribution in [3.63, 3.8) is 0 Å². The van der Waals surface area contributed by atoms with Crippen LogP contribution in [0, 0.1) is 0 Å². The topological polar surface area (TPSA) is 115 Å². The van der Waals surface area contributed by atoms with Crippen molar-refractivity contribution in [3.8, 4) is 11.5 Å². The fourth-order valence-corrected chi connectivity index (χ4v) is 3.55. The van der Waals surface area contributed by atoms with Crippen LogP contribution in [0.2, 0.25) is 0 Å². The minimum atomic E-state index is -4.31. The molecule has 0 aliphatic carbocycles. The molecule has 1 atom stereocenters. The van der Waals surface area contributed by atoms with Crippen molar-refractivity contribution in [1.82, 2.24) is 4.98 Å². The maximum Gasteiger partial charge on any atom is 0.171 e. The van der Waals surface area contributed by atoms with Crippen LogP contribution in [0.25, 0.3) is 10.9 Å². The highest BCUT2D eigenvalue weighted by molar-refractivity contribution is 7.84. The minimum absolute atomic E-state index is 0.320. The number of nitrogen functional groups attached to an aromatic ring is 1. The summed E-state index contributed by atoms with van der Waals surface area (Å²) < 4.78 is 44.5. The third kappa shape index (κ3) is 3.29. The van der Waals surface area contributed by atoms with E-state index in [4.69, 9.17) is 15.2 Å². The molecule has 134 valence electrons. The summed E-state index contributed by atoms with van der Waals surface area (Å²) in [6.45, 7) is 0.320. The third-order valence-corrected chi connectivity index (χ3v) is 4.84. The number of nitrogens with zero attached hydrogens (tertiary/aromatic N) is 1. The summed E-state index contributed by atoms with van der Waals surface area (Å²) >= 11 is 0. The summed E-state index contributed by atoms with van der Waals surface area (Å²) in [6.07, 6.45) is -0.358. The van der Waals surface area contributed by atoms with Gasteiger partial charge in [-0.05, 0) is 35.4 Å². The van der Waals surface area contributed by atoms with E-state index >= 15 is 0 Å². The number of ether oxygens (including phenoxy) is 2. The van der Waals surface area contributed by atoms with E-state index in [-0.39, 0.29) is 6.10 Å². The molecule has 0 saturated heterocycles. The highest BCUT2D eigenvalue weighted by Gasteiger charge is 2.24. The van der Waals surface area contributed by atoms with Gasteiger partial charge in [-0.2, -0.15) is 0 Å². The van der Waals surface area contributed by atoms with Crippen LogP contribution >= 0.6 is 0 Å². The highest BCUT2D eigenvalue weighted by atomic mass is 32.2. The molecule has 0 bridgehead atoms. The summed E-state index contributed by atoms with van der Waals surface area (Å²) in [5, 5.41) is 0.801. The van der Waals surface area contributed by atoms with Gasteiger partial charge in [0.05, 0.1) is 21.4 Å². The Morgan fingerprint density at radius 1 is 1.12 bits per heavy atom. The number of pyridine rings is 1. The number of aromatic nitrogens is 1. The summed E-state index contributed by atoms with van der Waals surface area (Å²) in [7, 11) is -4.31. The van der Waals surface area contributed by atoms with Gasteiger partial charge in [0.15, 0.2) is 17.6 Å². The SMILES string of the molecule is Nc1ccc2c3c(ccc2n1)OCC(c1ccc(CS(=O)(=O)[O-])cc1)O3. The van der Waals surface area contributed by atoms with Crippen LogP contribution in [0.4, 0.5) is 5.82 Å².